The second kappa shape index (κ2) is 7.55. The minimum atomic E-state index is -0.987. The SMILES string of the molecule is CC[C@H](C(=O)Nc1cc([N+](=O)[O-])ccc1OC)N1C(=O)[C@@H]2[C@H](C1=O)[C@H]1C=C[C@H]2CC1. The number of hydrogen-bond donors (Lipinski definition) is 1. The summed E-state index contributed by atoms with van der Waals surface area (Å²) in [5.41, 5.74) is -0.0884. The van der Waals surface area contributed by atoms with Crippen molar-refractivity contribution in [2.75, 3.05) is 12.4 Å². The molecule has 1 N–H and O–H groups in total. The largest absolute Gasteiger partial charge is 0.495 e. The van der Waals surface area contributed by atoms with Gasteiger partial charge in [-0.25, -0.2) is 0 Å². The number of nitro groups is 1. The first kappa shape index (κ1) is 20.1. The molecular weight excluding hydrogens is 390 g/mol. The summed E-state index contributed by atoms with van der Waals surface area (Å²) in [6.45, 7) is 1.73. The number of nitro benzene ring substituents is 1. The normalized spacial score (nSPS) is 27.7. The number of methoxy groups -OCH3 is 1. The van der Waals surface area contributed by atoms with Crippen LogP contribution < -0.4 is 10.1 Å². The van der Waals surface area contributed by atoms with Crippen LogP contribution in [-0.4, -0.2) is 40.7 Å². The fourth-order valence-electron chi connectivity index (χ4n) is 5.01. The Bertz CT molecular complexity index is 926. The lowest BCUT2D eigenvalue weighted by atomic mass is 9.63. The van der Waals surface area contributed by atoms with Crippen molar-refractivity contribution in [3.63, 3.8) is 0 Å². The maximum Gasteiger partial charge on any atom is 0.271 e. The molecule has 30 heavy (non-hydrogen) atoms. The third kappa shape index (κ3) is 3.05. The second-order valence-corrected chi connectivity index (χ2v) is 7.94. The minimum absolute atomic E-state index is 0.0406. The average molecular weight is 413 g/mol. The molecule has 1 saturated heterocycles. The summed E-state index contributed by atoms with van der Waals surface area (Å²) < 4.78 is 5.18. The third-order valence-corrected chi connectivity index (χ3v) is 6.45. The number of nitrogens with one attached hydrogen (secondary N) is 1. The van der Waals surface area contributed by atoms with Crippen molar-refractivity contribution < 1.29 is 24.0 Å². The molecule has 0 spiro atoms. The number of nitrogens with zero attached hydrogens (tertiary/aromatic N) is 2. The van der Waals surface area contributed by atoms with Crippen molar-refractivity contribution in [2.45, 2.75) is 32.2 Å². The van der Waals surface area contributed by atoms with Crippen LogP contribution in [-0.2, 0) is 14.4 Å². The number of ether oxygens (including phenoxy) is 1. The molecule has 2 fully saturated rings. The van der Waals surface area contributed by atoms with Crippen LogP contribution in [0.4, 0.5) is 11.4 Å². The maximum absolute atomic E-state index is 13.1. The fourth-order valence-corrected chi connectivity index (χ4v) is 5.01. The molecule has 158 valence electrons. The molecule has 1 aromatic carbocycles. The molecular formula is C21H23N3O6. The zero-order chi connectivity index (χ0) is 21.6. The van der Waals surface area contributed by atoms with Gasteiger partial charge in [-0.3, -0.25) is 29.4 Å². The lowest BCUT2D eigenvalue weighted by molar-refractivity contribution is -0.384. The van der Waals surface area contributed by atoms with Gasteiger partial charge in [-0.15, -0.1) is 0 Å². The van der Waals surface area contributed by atoms with E-state index in [0.29, 0.717) is 0 Å². The number of carbonyl (C=O) groups is 3. The maximum atomic E-state index is 13.1. The number of allylic oxidation sites excluding steroid dienone is 2. The molecule has 0 aromatic heterocycles. The van der Waals surface area contributed by atoms with Crippen LogP contribution in [0.3, 0.4) is 0 Å². The summed E-state index contributed by atoms with van der Waals surface area (Å²) in [5, 5.41) is 13.7. The lowest BCUT2D eigenvalue weighted by Gasteiger charge is -2.38. The number of rotatable bonds is 6. The van der Waals surface area contributed by atoms with Gasteiger partial charge in [0, 0.05) is 12.1 Å². The molecule has 5 atom stereocenters. The number of non-ortho nitro benzene ring substituents is 1. The summed E-state index contributed by atoms with van der Waals surface area (Å²) in [5.74, 6) is -1.62. The number of likely N-dealkylation sites (tertiary alicyclic amines) is 1. The number of imide groups is 1. The molecule has 0 unspecified atom stereocenters. The molecule has 4 aliphatic rings. The van der Waals surface area contributed by atoms with E-state index in [1.54, 1.807) is 6.92 Å². The smallest absolute Gasteiger partial charge is 0.271 e. The van der Waals surface area contributed by atoms with Crippen molar-refractivity contribution in [2.24, 2.45) is 23.7 Å². The number of anilines is 1. The molecule has 0 radical (unpaired) electrons. The molecule has 3 amide bonds. The number of hydrogen-bond acceptors (Lipinski definition) is 6. The lowest BCUT2D eigenvalue weighted by Crippen LogP contribution is -2.47. The van der Waals surface area contributed by atoms with E-state index in [4.69, 9.17) is 4.74 Å². The van der Waals surface area contributed by atoms with E-state index < -0.39 is 28.7 Å². The highest BCUT2D eigenvalue weighted by molar-refractivity contribution is 6.10. The Kier molecular flexibility index (Phi) is 5.05. The van der Waals surface area contributed by atoms with Crippen molar-refractivity contribution >= 4 is 29.1 Å². The highest BCUT2D eigenvalue weighted by atomic mass is 16.6. The van der Waals surface area contributed by atoms with E-state index in [-0.39, 0.29) is 47.2 Å². The Morgan fingerprint density at radius 2 is 1.83 bits per heavy atom. The van der Waals surface area contributed by atoms with E-state index in [2.05, 4.69) is 5.32 Å². The molecule has 5 rings (SSSR count). The molecule has 3 aliphatic carbocycles. The number of benzene rings is 1. The van der Waals surface area contributed by atoms with Gasteiger partial charge in [0.05, 0.1) is 29.6 Å². The van der Waals surface area contributed by atoms with Crippen LogP contribution in [0, 0.1) is 33.8 Å². The van der Waals surface area contributed by atoms with Gasteiger partial charge in [-0.05, 0) is 37.2 Å². The van der Waals surface area contributed by atoms with Gasteiger partial charge in [0.2, 0.25) is 17.7 Å². The summed E-state index contributed by atoms with van der Waals surface area (Å²) in [6.07, 6.45) is 6.05. The van der Waals surface area contributed by atoms with Gasteiger partial charge < -0.3 is 10.1 Å². The van der Waals surface area contributed by atoms with E-state index in [9.17, 15) is 24.5 Å². The molecule has 9 nitrogen and oxygen atoms in total. The standard InChI is InChI=1S/C21H23N3O6/c1-3-15(19(25)22-14-10-13(24(28)29)8-9-16(14)30-2)23-20(26)17-11-4-5-12(7-6-11)18(17)21(23)27/h4-5,8-12,15,17-18H,3,6-7H2,1-2H3,(H,22,25)/t11-,12-,15+,17-,18+/m0/s1. The van der Waals surface area contributed by atoms with E-state index >= 15 is 0 Å². The molecule has 9 heteroatoms. The van der Waals surface area contributed by atoms with E-state index in [1.165, 1.54) is 25.3 Å². The molecule has 1 heterocycles. The number of fused-ring (bicyclic) bond motifs is 1. The van der Waals surface area contributed by atoms with Gasteiger partial charge >= 0.3 is 0 Å². The third-order valence-electron chi connectivity index (χ3n) is 6.45. The average Bonchev–Trinajstić information content (AvgIpc) is 3.02. The fraction of sp³-hybridized carbons (Fsp3) is 0.476. The molecule has 2 bridgehead atoms. The van der Waals surface area contributed by atoms with Crippen LogP contribution in [0.2, 0.25) is 0 Å². The van der Waals surface area contributed by atoms with Gasteiger partial charge in [-0.1, -0.05) is 19.1 Å². The number of carbonyl (C=O) groups excluding carboxylic acids is 3. The number of amides is 3. The highest BCUT2D eigenvalue weighted by Crippen LogP contribution is 2.50. The van der Waals surface area contributed by atoms with Crippen molar-refractivity contribution in [1.82, 2.24) is 4.90 Å². The first-order chi connectivity index (χ1) is 14.4. The monoisotopic (exact) mass is 413 g/mol. The Hall–Kier alpha value is -3.23. The molecule has 1 aliphatic heterocycles. The quantitative estimate of drug-likeness (QED) is 0.331. The zero-order valence-corrected chi connectivity index (χ0v) is 16.7. The summed E-state index contributed by atoms with van der Waals surface area (Å²) >= 11 is 0. The van der Waals surface area contributed by atoms with Crippen LogP contribution in [0.15, 0.2) is 30.4 Å². The predicted molar refractivity (Wildman–Crippen MR) is 107 cm³/mol. The van der Waals surface area contributed by atoms with Gasteiger partial charge in [0.15, 0.2) is 0 Å². The van der Waals surface area contributed by atoms with E-state index in [1.807, 2.05) is 12.2 Å². The Balaban J connectivity index is 1.60. The van der Waals surface area contributed by atoms with Gasteiger partial charge in [-0.2, -0.15) is 0 Å². The second-order valence-electron chi connectivity index (χ2n) is 7.94. The first-order valence-electron chi connectivity index (χ1n) is 10.1. The van der Waals surface area contributed by atoms with Crippen LogP contribution >= 0.6 is 0 Å². The first-order valence-corrected chi connectivity index (χ1v) is 10.1. The summed E-state index contributed by atoms with van der Waals surface area (Å²) in [4.78, 5) is 51.0. The topological polar surface area (TPSA) is 119 Å². The molecule has 1 saturated carbocycles. The van der Waals surface area contributed by atoms with E-state index in [0.717, 1.165) is 17.7 Å². The summed E-state index contributed by atoms with van der Waals surface area (Å²) in [6, 6.07) is 2.87. The summed E-state index contributed by atoms with van der Waals surface area (Å²) in [7, 11) is 1.38. The van der Waals surface area contributed by atoms with Crippen LogP contribution in [0.25, 0.3) is 0 Å². The van der Waals surface area contributed by atoms with Gasteiger partial charge in [0.1, 0.15) is 11.8 Å². The Morgan fingerprint density at radius 3 is 2.30 bits per heavy atom. The zero-order valence-electron chi connectivity index (χ0n) is 16.7. The van der Waals surface area contributed by atoms with Crippen LogP contribution in [0.5, 0.6) is 5.75 Å². The van der Waals surface area contributed by atoms with Crippen molar-refractivity contribution in [1.29, 1.82) is 0 Å². The van der Waals surface area contributed by atoms with Gasteiger partial charge in [0.25, 0.3) is 5.69 Å². The predicted octanol–water partition coefficient (Wildman–Crippen LogP) is 2.52. The van der Waals surface area contributed by atoms with Crippen molar-refractivity contribution in [3.8, 4) is 5.75 Å². The van der Waals surface area contributed by atoms with Crippen molar-refractivity contribution in [3.05, 3.63) is 40.5 Å². The Labute approximate surface area is 173 Å². The molecule has 1 aromatic rings. The minimum Gasteiger partial charge on any atom is -0.495 e. The highest BCUT2D eigenvalue weighted by Gasteiger charge is 2.58. The Morgan fingerprint density at radius 1 is 1.23 bits per heavy atom. The van der Waals surface area contributed by atoms with Crippen LogP contribution in [0.1, 0.15) is 26.2 Å².